The zero-order chi connectivity index (χ0) is 35.8. The predicted octanol–water partition coefficient (Wildman–Crippen LogP) is 8.84. The second kappa shape index (κ2) is 20.8. The average Bonchev–Trinajstić information content (AvgIpc) is 3.45. The fraction of sp³-hybridized carbons (Fsp3) is 0.632. The first-order valence-corrected chi connectivity index (χ1v) is 20.7. The average molecular weight is 714 g/mol. The molecule has 278 valence electrons. The van der Waals surface area contributed by atoms with Crippen LogP contribution in [0.1, 0.15) is 123 Å². The maximum absolute atomic E-state index is 14.2. The predicted molar refractivity (Wildman–Crippen MR) is 204 cm³/mol. The van der Waals surface area contributed by atoms with Gasteiger partial charge < -0.3 is 34.8 Å². The molecule has 0 saturated heterocycles. The van der Waals surface area contributed by atoms with E-state index in [0.717, 1.165) is 29.3 Å². The van der Waals surface area contributed by atoms with Crippen molar-refractivity contribution in [3.63, 3.8) is 0 Å². The molecule has 0 aliphatic carbocycles. The van der Waals surface area contributed by atoms with Gasteiger partial charge in [-0.3, -0.25) is 13.9 Å². The highest BCUT2D eigenvalue weighted by atomic mass is 31.2. The standard InChI is InChI=1S/C38H60N5O6P/c1-3-4-5-6-7-8-9-10-11-12-13-14-15-16-17-20-27-49-31(2)43-37(44)35-36(40-38(43)39)41(26-28-48-30-50(45,46)47)29-42(35)34-25-21-23-32-22-18-19-24-33(32)34/h18-19,21-25,31H,3-17,20,26-30H2,1-2H3,(H2,39,40)(H2,45,46,47). The van der Waals surface area contributed by atoms with E-state index in [2.05, 4.69) is 11.9 Å². The second-order valence-corrected chi connectivity index (χ2v) is 15.2. The van der Waals surface area contributed by atoms with E-state index in [1.807, 2.05) is 59.2 Å². The van der Waals surface area contributed by atoms with Crippen LogP contribution in [0.15, 0.2) is 47.3 Å². The van der Waals surface area contributed by atoms with Gasteiger partial charge in [-0.15, -0.1) is 0 Å². The van der Waals surface area contributed by atoms with Crippen LogP contribution in [0, 0.1) is 0 Å². The summed E-state index contributed by atoms with van der Waals surface area (Å²) in [6, 6.07) is 13.9. The van der Waals surface area contributed by atoms with Crippen LogP contribution in [0.25, 0.3) is 10.8 Å². The molecule has 2 heterocycles. The van der Waals surface area contributed by atoms with Crippen LogP contribution in [-0.2, 0) is 14.0 Å². The summed E-state index contributed by atoms with van der Waals surface area (Å²) in [4.78, 5) is 41.0. The molecule has 0 amide bonds. The van der Waals surface area contributed by atoms with E-state index < -0.39 is 20.2 Å². The number of benzene rings is 2. The number of rotatable bonds is 25. The van der Waals surface area contributed by atoms with Crippen molar-refractivity contribution in [2.45, 2.75) is 123 Å². The zero-order valence-electron chi connectivity index (χ0n) is 30.3. The number of fused-ring (bicyclic) bond motifs is 2. The highest BCUT2D eigenvalue weighted by molar-refractivity contribution is 7.51. The van der Waals surface area contributed by atoms with Gasteiger partial charge in [0.2, 0.25) is 5.95 Å². The Bertz CT molecular complexity index is 1560. The topological polar surface area (TPSA) is 143 Å². The maximum Gasteiger partial charge on any atom is 0.350 e. The van der Waals surface area contributed by atoms with Gasteiger partial charge in [-0.05, 0) is 24.8 Å². The smallest absolute Gasteiger partial charge is 0.350 e. The third-order valence-electron chi connectivity index (χ3n) is 9.53. The third kappa shape index (κ3) is 12.1. The number of nitrogen functional groups attached to an aromatic ring is 1. The lowest BCUT2D eigenvalue weighted by Gasteiger charge is -2.23. The van der Waals surface area contributed by atoms with Crippen molar-refractivity contribution >= 4 is 41.5 Å². The number of nitrogens with zero attached hydrogens (tertiary/aromatic N) is 4. The van der Waals surface area contributed by atoms with E-state index in [0.29, 0.717) is 24.8 Å². The molecule has 4 N–H and O–H groups in total. The SMILES string of the molecule is CCCCCCCCCCCCCCCCCCOC(C)n1c(N)nc2c(c1=O)N(c1cccc3ccccc13)CN2CCOCP(=O)(O)O. The second-order valence-electron chi connectivity index (χ2n) is 13.6. The van der Waals surface area contributed by atoms with Gasteiger partial charge in [0, 0.05) is 18.5 Å². The van der Waals surface area contributed by atoms with E-state index in [1.165, 1.54) is 94.5 Å². The lowest BCUT2D eigenvalue weighted by Crippen LogP contribution is -2.32. The van der Waals surface area contributed by atoms with Crippen molar-refractivity contribution < 1.29 is 23.8 Å². The molecule has 3 aromatic rings. The summed E-state index contributed by atoms with van der Waals surface area (Å²) in [5.41, 5.74) is 7.32. The van der Waals surface area contributed by atoms with Gasteiger partial charge in [-0.2, -0.15) is 4.98 Å². The minimum atomic E-state index is -4.30. The molecule has 4 rings (SSSR count). The normalized spacial score (nSPS) is 13.8. The summed E-state index contributed by atoms with van der Waals surface area (Å²) >= 11 is 0. The van der Waals surface area contributed by atoms with Crippen LogP contribution in [-0.4, -0.2) is 52.1 Å². The third-order valence-corrected chi connectivity index (χ3v) is 10.0. The van der Waals surface area contributed by atoms with Crippen molar-refractivity contribution in [3.05, 3.63) is 52.8 Å². The van der Waals surface area contributed by atoms with Crippen LogP contribution in [0.3, 0.4) is 0 Å². The molecule has 1 aliphatic rings. The largest absolute Gasteiger partial charge is 0.369 e. The van der Waals surface area contributed by atoms with Gasteiger partial charge >= 0.3 is 7.60 Å². The number of hydrogen-bond acceptors (Lipinski definition) is 8. The summed E-state index contributed by atoms with van der Waals surface area (Å²) < 4.78 is 24.1. The lowest BCUT2D eigenvalue weighted by atomic mass is 10.0. The van der Waals surface area contributed by atoms with Gasteiger partial charge in [-0.25, -0.2) is 0 Å². The minimum absolute atomic E-state index is 0.0391. The van der Waals surface area contributed by atoms with Crippen LogP contribution in [0.2, 0.25) is 0 Å². The molecule has 0 spiro atoms. The first-order valence-electron chi connectivity index (χ1n) is 18.9. The Kier molecular flexibility index (Phi) is 16.6. The highest BCUT2D eigenvalue weighted by Crippen LogP contribution is 2.40. The number of anilines is 4. The molecule has 2 aromatic carbocycles. The molecule has 1 aromatic heterocycles. The Labute approximate surface area is 298 Å². The summed E-state index contributed by atoms with van der Waals surface area (Å²) in [5, 5.41) is 2.02. The van der Waals surface area contributed by atoms with Crippen molar-refractivity contribution in [2.24, 2.45) is 0 Å². The zero-order valence-corrected chi connectivity index (χ0v) is 31.2. The lowest BCUT2D eigenvalue weighted by molar-refractivity contribution is 0.0129. The Hall–Kier alpha value is -2.95. The molecule has 12 heteroatoms. The van der Waals surface area contributed by atoms with Crippen molar-refractivity contribution in [3.8, 4) is 0 Å². The number of hydrogen-bond donors (Lipinski definition) is 3. The molecule has 0 fully saturated rings. The maximum atomic E-state index is 14.2. The van der Waals surface area contributed by atoms with Crippen LogP contribution in [0.5, 0.6) is 0 Å². The van der Waals surface area contributed by atoms with Crippen molar-refractivity contribution in [1.29, 1.82) is 0 Å². The Morgan fingerprint density at radius 2 is 1.42 bits per heavy atom. The van der Waals surface area contributed by atoms with Crippen LogP contribution < -0.4 is 21.1 Å². The highest BCUT2D eigenvalue weighted by Gasteiger charge is 2.34. The van der Waals surface area contributed by atoms with Gasteiger partial charge in [0.05, 0.1) is 19.0 Å². The Balaban J connectivity index is 1.28. The first kappa shape index (κ1) is 39.8. The van der Waals surface area contributed by atoms with E-state index in [9.17, 15) is 19.1 Å². The quantitative estimate of drug-likeness (QED) is 0.0576. The molecule has 11 nitrogen and oxygen atoms in total. The fourth-order valence-electron chi connectivity index (χ4n) is 6.80. The molecule has 1 unspecified atom stereocenters. The molecule has 50 heavy (non-hydrogen) atoms. The van der Waals surface area contributed by atoms with Crippen molar-refractivity contribution in [2.75, 3.05) is 48.3 Å². The van der Waals surface area contributed by atoms with E-state index in [1.54, 1.807) is 0 Å². The van der Waals surface area contributed by atoms with Gasteiger partial charge in [0.1, 0.15) is 12.6 Å². The molecular weight excluding hydrogens is 653 g/mol. The minimum Gasteiger partial charge on any atom is -0.369 e. The molecule has 1 atom stereocenters. The van der Waals surface area contributed by atoms with E-state index in [4.69, 9.17) is 15.2 Å². The van der Waals surface area contributed by atoms with Crippen LogP contribution >= 0.6 is 7.60 Å². The van der Waals surface area contributed by atoms with Gasteiger partial charge in [0.15, 0.2) is 11.5 Å². The Morgan fingerprint density at radius 1 is 0.840 bits per heavy atom. The number of nitrogens with two attached hydrogens (primary N) is 1. The summed E-state index contributed by atoms with van der Waals surface area (Å²) in [5.74, 6) is 0.454. The van der Waals surface area contributed by atoms with E-state index >= 15 is 0 Å². The van der Waals surface area contributed by atoms with Crippen molar-refractivity contribution in [1.82, 2.24) is 9.55 Å². The number of aromatic nitrogens is 2. The fourth-order valence-corrected chi connectivity index (χ4v) is 7.17. The van der Waals surface area contributed by atoms with Gasteiger partial charge in [-0.1, -0.05) is 140 Å². The molecular formula is C38H60N5O6P. The summed E-state index contributed by atoms with van der Waals surface area (Å²) in [6.45, 7) is 5.21. The number of ether oxygens (including phenoxy) is 2. The molecule has 0 bridgehead atoms. The van der Waals surface area contributed by atoms with E-state index in [-0.39, 0.29) is 24.7 Å². The number of unbranched alkanes of at least 4 members (excludes halogenated alkanes) is 15. The molecule has 0 radical (unpaired) electrons. The first-order chi connectivity index (χ1) is 24.2. The molecule has 1 aliphatic heterocycles. The van der Waals surface area contributed by atoms with Crippen LogP contribution in [0.4, 0.5) is 23.1 Å². The summed E-state index contributed by atoms with van der Waals surface area (Å²) in [7, 11) is -4.30. The summed E-state index contributed by atoms with van der Waals surface area (Å²) in [6.07, 6.45) is 19.6. The van der Waals surface area contributed by atoms with Gasteiger partial charge in [0.25, 0.3) is 5.56 Å². The monoisotopic (exact) mass is 713 g/mol. The Morgan fingerprint density at radius 3 is 2.04 bits per heavy atom. The molecule has 0 saturated carbocycles.